The summed E-state index contributed by atoms with van der Waals surface area (Å²) in [6.45, 7) is 5.01. The highest BCUT2D eigenvalue weighted by Gasteiger charge is 2.24. The molecule has 0 spiro atoms. The first-order chi connectivity index (χ1) is 11.7. The maximum atomic E-state index is 12.4. The maximum Gasteiger partial charge on any atom is 0.289 e. The minimum atomic E-state index is -0.0320. The van der Waals surface area contributed by atoms with E-state index in [1.165, 1.54) is 12.0 Å². The lowest BCUT2D eigenvalue weighted by Gasteiger charge is -2.36. The van der Waals surface area contributed by atoms with E-state index in [1.54, 1.807) is 12.1 Å². The number of fused-ring (bicyclic) bond motifs is 1. The maximum absolute atomic E-state index is 12.4. The van der Waals surface area contributed by atoms with Crippen LogP contribution < -0.4 is 4.90 Å². The standard InChI is InChI=1S/C19H19N3O2/c1-14-13-17(15-5-2-3-6-16(15)20-14)21-8-10-22(11-9-21)19(23)18-7-4-12-24-18/h2-7,12-13H,8-11H2,1H3. The fourth-order valence-corrected chi connectivity index (χ4v) is 3.25. The second kappa shape index (κ2) is 6.00. The molecule has 1 fully saturated rings. The Labute approximate surface area is 140 Å². The fourth-order valence-electron chi connectivity index (χ4n) is 3.25. The number of hydrogen-bond donors (Lipinski definition) is 0. The number of para-hydroxylation sites is 1. The predicted molar refractivity (Wildman–Crippen MR) is 93.3 cm³/mol. The van der Waals surface area contributed by atoms with Gasteiger partial charge in [-0.05, 0) is 31.2 Å². The van der Waals surface area contributed by atoms with Crippen molar-refractivity contribution in [2.45, 2.75) is 6.92 Å². The molecule has 0 atom stereocenters. The molecular weight excluding hydrogens is 302 g/mol. The lowest BCUT2D eigenvalue weighted by molar-refractivity contribution is 0.0715. The summed E-state index contributed by atoms with van der Waals surface area (Å²) in [6.07, 6.45) is 1.54. The molecule has 3 aromatic rings. The average molecular weight is 321 g/mol. The number of pyridine rings is 1. The Bertz CT molecular complexity index is 865. The van der Waals surface area contributed by atoms with Gasteiger partial charge in [0.25, 0.3) is 5.91 Å². The first-order valence-corrected chi connectivity index (χ1v) is 8.16. The number of furan rings is 1. The van der Waals surface area contributed by atoms with Gasteiger partial charge < -0.3 is 14.2 Å². The molecule has 0 aliphatic carbocycles. The van der Waals surface area contributed by atoms with Crippen LogP contribution in [0.3, 0.4) is 0 Å². The van der Waals surface area contributed by atoms with Crippen LogP contribution in [0.2, 0.25) is 0 Å². The molecular formula is C19H19N3O2. The number of nitrogens with zero attached hydrogens (tertiary/aromatic N) is 3. The largest absolute Gasteiger partial charge is 0.459 e. The van der Waals surface area contributed by atoms with Crippen molar-refractivity contribution in [3.63, 3.8) is 0 Å². The molecule has 2 aromatic heterocycles. The zero-order valence-electron chi connectivity index (χ0n) is 13.6. The quantitative estimate of drug-likeness (QED) is 0.728. The molecule has 4 rings (SSSR count). The Morgan fingerprint density at radius 3 is 2.62 bits per heavy atom. The zero-order valence-corrected chi connectivity index (χ0v) is 13.6. The van der Waals surface area contributed by atoms with Crippen LogP contribution in [0.5, 0.6) is 0 Å². The van der Waals surface area contributed by atoms with Crippen LogP contribution in [-0.2, 0) is 0 Å². The van der Waals surface area contributed by atoms with E-state index in [0.29, 0.717) is 18.8 Å². The van der Waals surface area contributed by atoms with Gasteiger partial charge in [0.2, 0.25) is 0 Å². The highest BCUT2D eigenvalue weighted by molar-refractivity contribution is 5.93. The van der Waals surface area contributed by atoms with E-state index in [1.807, 2.05) is 30.0 Å². The first kappa shape index (κ1) is 14.8. The molecule has 5 nitrogen and oxygen atoms in total. The van der Waals surface area contributed by atoms with Gasteiger partial charge in [0.15, 0.2) is 5.76 Å². The lowest BCUT2D eigenvalue weighted by atomic mass is 10.1. The first-order valence-electron chi connectivity index (χ1n) is 8.16. The predicted octanol–water partition coefficient (Wildman–Crippen LogP) is 3.10. The van der Waals surface area contributed by atoms with Crippen molar-refractivity contribution in [2.24, 2.45) is 0 Å². The molecule has 24 heavy (non-hydrogen) atoms. The Hall–Kier alpha value is -2.82. The number of carbonyl (C=O) groups is 1. The number of rotatable bonds is 2. The number of amides is 1. The van der Waals surface area contributed by atoms with Crippen molar-refractivity contribution in [1.29, 1.82) is 0 Å². The molecule has 0 unspecified atom stereocenters. The van der Waals surface area contributed by atoms with Gasteiger partial charge in [-0.2, -0.15) is 0 Å². The van der Waals surface area contributed by atoms with Crippen LogP contribution in [0, 0.1) is 6.92 Å². The number of hydrogen-bond acceptors (Lipinski definition) is 4. The van der Waals surface area contributed by atoms with Crippen LogP contribution >= 0.6 is 0 Å². The Morgan fingerprint density at radius 1 is 1.08 bits per heavy atom. The SMILES string of the molecule is Cc1cc(N2CCN(C(=O)c3ccco3)CC2)c2ccccc2n1. The summed E-state index contributed by atoms with van der Waals surface area (Å²) in [4.78, 5) is 21.2. The molecule has 1 saturated heterocycles. The topological polar surface area (TPSA) is 49.6 Å². The van der Waals surface area contributed by atoms with Gasteiger partial charge in [-0.1, -0.05) is 18.2 Å². The summed E-state index contributed by atoms with van der Waals surface area (Å²) in [7, 11) is 0. The van der Waals surface area contributed by atoms with E-state index in [2.05, 4.69) is 22.0 Å². The van der Waals surface area contributed by atoms with Gasteiger partial charge >= 0.3 is 0 Å². The molecule has 1 aromatic carbocycles. The smallest absolute Gasteiger partial charge is 0.289 e. The lowest BCUT2D eigenvalue weighted by Crippen LogP contribution is -2.48. The van der Waals surface area contributed by atoms with E-state index >= 15 is 0 Å². The van der Waals surface area contributed by atoms with E-state index in [9.17, 15) is 4.79 Å². The molecule has 1 amide bonds. The Morgan fingerprint density at radius 2 is 1.88 bits per heavy atom. The minimum absolute atomic E-state index is 0.0320. The molecule has 0 bridgehead atoms. The molecule has 1 aliphatic heterocycles. The van der Waals surface area contributed by atoms with Gasteiger partial charge in [0.1, 0.15) is 0 Å². The van der Waals surface area contributed by atoms with E-state index in [4.69, 9.17) is 4.42 Å². The third-order valence-electron chi connectivity index (χ3n) is 4.46. The van der Waals surface area contributed by atoms with Gasteiger partial charge in [0.05, 0.1) is 11.8 Å². The van der Waals surface area contributed by atoms with Crippen LogP contribution in [-0.4, -0.2) is 42.0 Å². The van der Waals surface area contributed by atoms with Crippen LogP contribution in [0.1, 0.15) is 16.2 Å². The molecule has 3 heterocycles. The van der Waals surface area contributed by atoms with Gasteiger partial charge in [-0.3, -0.25) is 9.78 Å². The van der Waals surface area contributed by atoms with Crippen molar-refractivity contribution in [3.05, 3.63) is 60.2 Å². The average Bonchev–Trinajstić information content (AvgIpc) is 3.15. The molecule has 0 radical (unpaired) electrons. The van der Waals surface area contributed by atoms with Gasteiger partial charge in [-0.25, -0.2) is 0 Å². The summed E-state index contributed by atoms with van der Waals surface area (Å²) >= 11 is 0. The third-order valence-corrected chi connectivity index (χ3v) is 4.46. The monoisotopic (exact) mass is 321 g/mol. The summed E-state index contributed by atoms with van der Waals surface area (Å²) in [5, 5.41) is 1.16. The van der Waals surface area contributed by atoms with Crippen molar-refractivity contribution in [1.82, 2.24) is 9.88 Å². The third kappa shape index (κ3) is 2.62. The molecule has 5 heteroatoms. The fraction of sp³-hybridized carbons (Fsp3) is 0.263. The number of aryl methyl sites for hydroxylation is 1. The normalized spacial score (nSPS) is 15.0. The zero-order chi connectivity index (χ0) is 16.5. The Balaban J connectivity index is 1.55. The second-order valence-corrected chi connectivity index (χ2v) is 6.06. The van der Waals surface area contributed by atoms with Crippen molar-refractivity contribution < 1.29 is 9.21 Å². The minimum Gasteiger partial charge on any atom is -0.459 e. The van der Waals surface area contributed by atoms with Crippen LogP contribution in [0.4, 0.5) is 5.69 Å². The van der Waals surface area contributed by atoms with Crippen molar-refractivity contribution in [2.75, 3.05) is 31.1 Å². The highest BCUT2D eigenvalue weighted by atomic mass is 16.3. The van der Waals surface area contributed by atoms with E-state index < -0.39 is 0 Å². The summed E-state index contributed by atoms with van der Waals surface area (Å²) in [5.41, 5.74) is 3.22. The number of aromatic nitrogens is 1. The highest BCUT2D eigenvalue weighted by Crippen LogP contribution is 2.27. The summed E-state index contributed by atoms with van der Waals surface area (Å²) in [6, 6.07) is 13.8. The summed E-state index contributed by atoms with van der Waals surface area (Å²) < 4.78 is 5.22. The van der Waals surface area contributed by atoms with Crippen LogP contribution in [0.15, 0.2) is 53.1 Å². The number of anilines is 1. The van der Waals surface area contributed by atoms with Crippen LogP contribution in [0.25, 0.3) is 10.9 Å². The second-order valence-electron chi connectivity index (χ2n) is 6.06. The molecule has 122 valence electrons. The molecule has 1 aliphatic rings. The van der Waals surface area contributed by atoms with Gasteiger partial charge in [0, 0.05) is 42.9 Å². The number of carbonyl (C=O) groups excluding carboxylic acids is 1. The van der Waals surface area contributed by atoms with E-state index in [0.717, 1.165) is 29.7 Å². The number of piperazine rings is 1. The summed E-state index contributed by atoms with van der Waals surface area (Å²) in [5.74, 6) is 0.379. The van der Waals surface area contributed by atoms with Crippen molar-refractivity contribution in [3.8, 4) is 0 Å². The van der Waals surface area contributed by atoms with E-state index in [-0.39, 0.29) is 5.91 Å². The molecule has 0 N–H and O–H groups in total. The Kier molecular flexibility index (Phi) is 3.69. The van der Waals surface area contributed by atoms with Gasteiger partial charge in [-0.15, -0.1) is 0 Å². The molecule has 0 saturated carbocycles. The van der Waals surface area contributed by atoms with Crippen molar-refractivity contribution >= 4 is 22.5 Å². The number of benzene rings is 1.